The zero-order chi connectivity index (χ0) is 22.7. The summed E-state index contributed by atoms with van der Waals surface area (Å²) >= 11 is 1.38. The van der Waals surface area contributed by atoms with Gasteiger partial charge in [0.15, 0.2) is 0 Å². The standard InChI is InChI=1S/C26H23NO4S/c1-17-9-11-19(12-10-17)23-24(32-16-18-7-5-4-6-8-18)26(29)27(25(23)28)20-13-21(30-2)15-22(14-20)31-3/h4-15H,16H2,1-3H3. The van der Waals surface area contributed by atoms with E-state index in [4.69, 9.17) is 9.47 Å². The third-order valence-corrected chi connectivity index (χ3v) is 6.35. The lowest BCUT2D eigenvalue weighted by molar-refractivity contribution is -0.119. The predicted molar refractivity (Wildman–Crippen MR) is 128 cm³/mol. The summed E-state index contributed by atoms with van der Waals surface area (Å²) in [5.74, 6) is 0.885. The van der Waals surface area contributed by atoms with Crippen LogP contribution in [0.5, 0.6) is 11.5 Å². The van der Waals surface area contributed by atoms with E-state index in [9.17, 15) is 9.59 Å². The summed E-state index contributed by atoms with van der Waals surface area (Å²) in [6, 6.07) is 22.6. The van der Waals surface area contributed by atoms with Gasteiger partial charge in [0, 0.05) is 24.0 Å². The van der Waals surface area contributed by atoms with E-state index in [-0.39, 0.29) is 11.8 Å². The van der Waals surface area contributed by atoms with Crippen molar-refractivity contribution >= 4 is 34.8 Å². The van der Waals surface area contributed by atoms with Crippen molar-refractivity contribution in [3.63, 3.8) is 0 Å². The molecule has 5 nitrogen and oxygen atoms in total. The number of carbonyl (C=O) groups is 2. The Bertz CT molecular complexity index is 1160. The highest BCUT2D eigenvalue weighted by atomic mass is 32.2. The fourth-order valence-corrected chi connectivity index (χ4v) is 4.57. The Balaban J connectivity index is 1.76. The first-order chi connectivity index (χ1) is 15.5. The Morgan fingerprint density at radius 3 is 2.03 bits per heavy atom. The van der Waals surface area contributed by atoms with E-state index in [2.05, 4.69) is 0 Å². The summed E-state index contributed by atoms with van der Waals surface area (Å²) in [5.41, 5.74) is 3.71. The highest BCUT2D eigenvalue weighted by molar-refractivity contribution is 8.03. The lowest BCUT2D eigenvalue weighted by Gasteiger charge is -2.17. The molecule has 0 saturated carbocycles. The minimum atomic E-state index is -0.357. The summed E-state index contributed by atoms with van der Waals surface area (Å²) in [7, 11) is 3.06. The fraction of sp³-hybridized carbons (Fsp3) is 0.154. The molecule has 0 N–H and O–H groups in total. The smallest absolute Gasteiger partial charge is 0.272 e. The first-order valence-electron chi connectivity index (χ1n) is 10.1. The van der Waals surface area contributed by atoms with Crippen LogP contribution in [-0.4, -0.2) is 26.0 Å². The maximum atomic E-state index is 13.6. The number of aryl methyl sites for hydroxylation is 1. The Hall–Kier alpha value is -3.51. The molecule has 0 atom stereocenters. The third-order valence-electron chi connectivity index (χ3n) is 5.20. The van der Waals surface area contributed by atoms with E-state index in [0.29, 0.717) is 33.4 Å². The number of anilines is 1. The number of rotatable bonds is 7. The van der Waals surface area contributed by atoms with Crippen LogP contribution in [0.1, 0.15) is 16.7 Å². The normalized spacial score (nSPS) is 13.7. The van der Waals surface area contributed by atoms with Crippen LogP contribution in [-0.2, 0) is 15.3 Å². The van der Waals surface area contributed by atoms with Crippen LogP contribution in [0.2, 0.25) is 0 Å². The van der Waals surface area contributed by atoms with E-state index in [0.717, 1.165) is 16.7 Å². The highest BCUT2D eigenvalue weighted by Crippen LogP contribution is 2.41. The van der Waals surface area contributed by atoms with E-state index in [1.54, 1.807) is 18.2 Å². The molecule has 1 heterocycles. The summed E-state index contributed by atoms with van der Waals surface area (Å²) in [6.45, 7) is 1.99. The number of thioether (sulfide) groups is 1. The van der Waals surface area contributed by atoms with Crippen molar-refractivity contribution in [1.29, 1.82) is 0 Å². The van der Waals surface area contributed by atoms with Crippen LogP contribution in [0.15, 0.2) is 77.7 Å². The number of carbonyl (C=O) groups excluding carboxylic acids is 2. The van der Waals surface area contributed by atoms with Crippen molar-refractivity contribution in [3.8, 4) is 11.5 Å². The summed E-state index contributed by atoms with van der Waals surface area (Å²) in [6.07, 6.45) is 0. The van der Waals surface area contributed by atoms with Crippen LogP contribution >= 0.6 is 11.8 Å². The van der Waals surface area contributed by atoms with E-state index < -0.39 is 0 Å². The number of imide groups is 1. The van der Waals surface area contributed by atoms with Crippen LogP contribution in [0, 0.1) is 6.92 Å². The van der Waals surface area contributed by atoms with Crippen LogP contribution in [0.4, 0.5) is 5.69 Å². The van der Waals surface area contributed by atoms with Crippen molar-refractivity contribution in [1.82, 2.24) is 0 Å². The minimum absolute atomic E-state index is 0.346. The van der Waals surface area contributed by atoms with Gasteiger partial charge in [-0.2, -0.15) is 0 Å². The number of benzene rings is 3. The fourth-order valence-electron chi connectivity index (χ4n) is 3.50. The second kappa shape index (κ2) is 9.32. The molecule has 0 saturated heterocycles. The van der Waals surface area contributed by atoms with Gasteiger partial charge in [-0.25, -0.2) is 4.90 Å². The monoisotopic (exact) mass is 445 g/mol. The molecule has 0 fully saturated rings. The van der Waals surface area contributed by atoms with Gasteiger partial charge in [0.1, 0.15) is 11.5 Å². The van der Waals surface area contributed by atoms with E-state index >= 15 is 0 Å². The molecule has 32 heavy (non-hydrogen) atoms. The van der Waals surface area contributed by atoms with Gasteiger partial charge < -0.3 is 9.47 Å². The number of nitrogens with zero attached hydrogens (tertiary/aromatic N) is 1. The van der Waals surface area contributed by atoms with Crippen molar-refractivity contribution in [2.45, 2.75) is 12.7 Å². The van der Waals surface area contributed by atoms with Crippen LogP contribution in [0.25, 0.3) is 5.57 Å². The molecule has 0 spiro atoms. The Morgan fingerprint density at radius 1 is 0.812 bits per heavy atom. The predicted octanol–water partition coefficient (Wildman–Crippen LogP) is 5.23. The molecule has 6 heteroatoms. The quantitative estimate of drug-likeness (QED) is 0.466. The largest absolute Gasteiger partial charge is 0.497 e. The molecule has 162 valence electrons. The number of hydrogen-bond donors (Lipinski definition) is 0. The van der Waals surface area contributed by atoms with Crippen LogP contribution in [0.3, 0.4) is 0 Å². The van der Waals surface area contributed by atoms with Gasteiger partial charge in [-0.15, -0.1) is 11.8 Å². The topological polar surface area (TPSA) is 55.8 Å². The lowest BCUT2D eigenvalue weighted by Crippen LogP contribution is -2.31. The SMILES string of the molecule is COc1cc(OC)cc(N2C(=O)C(SCc3ccccc3)=C(c3ccc(C)cc3)C2=O)c1. The summed E-state index contributed by atoms with van der Waals surface area (Å²) in [5, 5.41) is 0. The first kappa shape index (κ1) is 21.7. The lowest BCUT2D eigenvalue weighted by atomic mass is 10.0. The molecule has 0 aliphatic carbocycles. The molecule has 3 aromatic carbocycles. The molecular weight excluding hydrogens is 422 g/mol. The number of methoxy groups -OCH3 is 2. The number of hydrogen-bond acceptors (Lipinski definition) is 5. The molecular formula is C26H23NO4S. The maximum Gasteiger partial charge on any atom is 0.272 e. The average Bonchev–Trinajstić information content (AvgIpc) is 3.07. The molecule has 0 radical (unpaired) electrons. The Morgan fingerprint density at radius 2 is 1.44 bits per heavy atom. The molecule has 4 rings (SSSR count). The van der Waals surface area contributed by atoms with Crippen LogP contribution < -0.4 is 14.4 Å². The van der Waals surface area contributed by atoms with Gasteiger partial charge in [-0.3, -0.25) is 9.59 Å². The van der Waals surface area contributed by atoms with Crippen molar-refractivity contribution in [2.75, 3.05) is 19.1 Å². The van der Waals surface area contributed by atoms with E-state index in [1.807, 2.05) is 61.5 Å². The van der Waals surface area contributed by atoms with Crippen molar-refractivity contribution in [3.05, 3.63) is 94.4 Å². The zero-order valence-corrected chi connectivity index (χ0v) is 18.9. The zero-order valence-electron chi connectivity index (χ0n) is 18.1. The van der Waals surface area contributed by atoms with Crippen molar-refractivity contribution < 1.29 is 19.1 Å². The average molecular weight is 446 g/mol. The maximum absolute atomic E-state index is 13.6. The molecule has 0 unspecified atom stereocenters. The first-order valence-corrected chi connectivity index (χ1v) is 11.1. The van der Waals surface area contributed by atoms with Gasteiger partial charge in [-0.1, -0.05) is 60.2 Å². The van der Waals surface area contributed by atoms with Gasteiger partial charge in [-0.05, 0) is 18.1 Å². The highest BCUT2D eigenvalue weighted by Gasteiger charge is 2.40. The molecule has 1 aliphatic rings. The molecule has 2 amide bonds. The molecule has 3 aromatic rings. The summed E-state index contributed by atoms with van der Waals surface area (Å²) in [4.78, 5) is 28.7. The van der Waals surface area contributed by atoms with Gasteiger partial charge in [0.2, 0.25) is 0 Å². The number of ether oxygens (including phenoxy) is 2. The molecule has 0 aromatic heterocycles. The Labute approximate surface area is 191 Å². The number of amides is 2. The van der Waals surface area contributed by atoms with Gasteiger partial charge in [0.05, 0.1) is 30.4 Å². The van der Waals surface area contributed by atoms with Crippen molar-refractivity contribution in [2.24, 2.45) is 0 Å². The third kappa shape index (κ3) is 4.27. The van der Waals surface area contributed by atoms with Gasteiger partial charge >= 0.3 is 0 Å². The van der Waals surface area contributed by atoms with Gasteiger partial charge in [0.25, 0.3) is 11.8 Å². The summed E-state index contributed by atoms with van der Waals surface area (Å²) < 4.78 is 10.7. The molecule has 1 aliphatic heterocycles. The molecule has 0 bridgehead atoms. The second-order valence-electron chi connectivity index (χ2n) is 7.36. The minimum Gasteiger partial charge on any atom is -0.497 e. The second-order valence-corrected chi connectivity index (χ2v) is 8.35. The van der Waals surface area contributed by atoms with E-state index in [1.165, 1.54) is 30.9 Å². The Kier molecular flexibility index (Phi) is 6.32.